The molecule has 0 spiro atoms. The van der Waals surface area contributed by atoms with Gasteiger partial charge >= 0.3 is 0 Å². The Kier molecular flexibility index (Phi) is 4.60. The first kappa shape index (κ1) is 13.1. The highest BCUT2D eigenvalue weighted by molar-refractivity contribution is 9.10. The van der Waals surface area contributed by atoms with Crippen molar-refractivity contribution in [1.29, 1.82) is 0 Å². The lowest BCUT2D eigenvalue weighted by Crippen LogP contribution is -2.25. The third kappa shape index (κ3) is 4.09. The van der Waals surface area contributed by atoms with Gasteiger partial charge in [-0.2, -0.15) is 0 Å². The molecule has 2 nitrogen and oxygen atoms in total. The van der Waals surface area contributed by atoms with Crippen LogP contribution in [0.5, 0.6) is 0 Å². The molecule has 0 aromatic heterocycles. The second-order valence-corrected chi connectivity index (χ2v) is 6.18. The Balaban J connectivity index is 1.83. The van der Waals surface area contributed by atoms with E-state index in [9.17, 15) is 0 Å². The SMILES string of the molecule is CN(Cc1cccc(Br)c1)CC1CCC(N)C1. The highest BCUT2D eigenvalue weighted by Gasteiger charge is 2.22. The van der Waals surface area contributed by atoms with Crippen molar-refractivity contribution in [2.45, 2.75) is 31.8 Å². The van der Waals surface area contributed by atoms with E-state index in [0.717, 1.165) is 16.9 Å². The Labute approximate surface area is 112 Å². The van der Waals surface area contributed by atoms with Gasteiger partial charge < -0.3 is 10.6 Å². The van der Waals surface area contributed by atoms with Crippen LogP contribution in [-0.2, 0) is 6.54 Å². The summed E-state index contributed by atoms with van der Waals surface area (Å²) < 4.78 is 1.16. The average molecular weight is 297 g/mol. The van der Waals surface area contributed by atoms with E-state index in [0.29, 0.717) is 6.04 Å². The molecular weight excluding hydrogens is 276 g/mol. The molecule has 2 N–H and O–H groups in total. The maximum atomic E-state index is 5.95. The normalized spacial score (nSPS) is 24.5. The van der Waals surface area contributed by atoms with Crippen molar-refractivity contribution in [3.63, 3.8) is 0 Å². The van der Waals surface area contributed by atoms with Gasteiger partial charge in [-0.25, -0.2) is 0 Å². The molecular formula is C14H21BrN2. The quantitative estimate of drug-likeness (QED) is 0.925. The Bertz CT molecular complexity index is 367. The van der Waals surface area contributed by atoms with Crippen molar-refractivity contribution < 1.29 is 0 Å². The molecule has 0 heterocycles. The third-order valence-corrected chi connectivity index (χ3v) is 3.99. The van der Waals surface area contributed by atoms with Crippen LogP contribution < -0.4 is 5.73 Å². The minimum Gasteiger partial charge on any atom is -0.328 e. The zero-order chi connectivity index (χ0) is 12.3. The molecule has 2 unspecified atom stereocenters. The number of nitrogens with zero attached hydrogens (tertiary/aromatic N) is 1. The molecule has 1 aliphatic carbocycles. The molecule has 1 aromatic carbocycles. The summed E-state index contributed by atoms with van der Waals surface area (Å²) in [6.45, 7) is 2.19. The minimum atomic E-state index is 0.444. The van der Waals surface area contributed by atoms with Crippen molar-refractivity contribution in [3.8, 4) is 0 Å². The van der Waals surface area contributed by atoms with Crippen LogP contribution in [0.1, 0.15) is 24.8 Å². The van der Waals surface area contributed by atoms with Gasteiger partial charge in [0.05, 0.1) is 0 Å². The first-order valence-electron chi connectivity index (χ1n) is 6.32. The summed E-state index contributed by atoms with van der Waals surface area (Å²) in [6, 6.07) is 8.98. The van der Waals surface area contributed by atoms with Gasteiger partial charge in [0.25, 0.3) is 0 Å². The number of rotatable bonds is 4. The highest BCUT2D eigenvalue weighted by atomic mass is 79.9. The zero-order valence-corrected chi connectivity index (χ0v) is 12.0. The first-order chi connectivity index (χ1) is 8.13. The van der Waals surface area contributed by atoms with Gasteiger partial charge in [-0.1, -0.05) is 28.1 Å². The summed E-state index contributed by atoms with van der Waals surface area (Å²) in [4.78, 5) is 2.41. The van der Waals surface area contributed by atoms with Crippen molar-refractivity contribution >= 4 is 15.9 Å². The van der Waals surface area contributed by atoms with Crippen LogP contribution in [-0.4, -0.2) is 24.5 Å². The zero-order valence-electron chi connectivity index (χ0n) is 10.4. The summed E-state index contributed by atoms with van der Waals surface area (Å²) in [6.07, 6.45) is 3.70. The van der Waals surface area contributed by atoms with Crippen molar-refractivity contribution in [1.82, 2.24) is 4.90 Å². The number of hydrogen-bond donors (Lipinski definition) is 1. The molecule has 1 saturated carbocycles. The lowest BCUT2D eigenvalue weighted by atomic mass is 10.1. The van der Waals surface area contributed by atoms with Gasteiger partial charge in [-0.15, -0.1) is 0 Å². The second kappa shape index (κ2) is 5.98. The molecule has 2 rings (SSSR count). The summed E-state index contributed by atoms with van der Waals surface area (Å²) in [5, 5.41) is 0. The monoisotopic (exact) mass is 296 g/mol. The van der Waals surface area contributed by atoms with E-state index in [1.807, 2.05) is 0 Å². The fourth-order valence-corrected chi connectivity index (χ4v) is 3.18. The fourth-order valence-electron chi connectivity index (χ4n) is 2.73. The van der Waals surface area contributed by atoms with Crippen LogP contribution in [0.2, 0.25) is 0 Å². The maximum Gasteiger partial charge on any atom is 0.0231 e. The number of nitrogens with two attached hydrogens (primary N) is 1. The molecule has 0 amide bonds. The van der Waals surface area contributed by atoms with Crippen LogP contribution in [0.15, 0.2) is 28.7 Å². The average Bonchev–Trinajstić information content (AvgIpc) is 2.63. The number of halogens is 1. The lowest BCUT2D eigenvalue weighted by molar-refractivity contribution is 0.270. The predicted molar refractivity (Wildman–Crippen MR) is 75.8 cm³/mol. The second-order valence-electron chi connectivity index (χ2n) is 5.27. The predicted octanol–water partition coefficient (Wildman–Crippen LogP) is 3.01. The molecule has 2 atom stereocenters. The molecule has 3 heteroatoms. The number of benzene rings is 1. The summed E-state index contributed by atoms with van der Waals surface area (Å²) >= 11 is 3.51. The van der Waals surface area contributed by atoms with Crippen LogP contribution >= 0.6 is 15.9 Å². The smallest absolute Gasteiger partial charge is 0.0231 e. The van der Waals surface area contributed by atoms with Crippen molar-refractivity contribution in [2.75, 3.05) is 13.6 Å². The van der Waals surface area contributed by atoms with E-state index in [2.05, 4.69) is 52.1 Å². The van der Waals surface area contributed by atoms with E-state index >= 15 is 0 Å². The Hall–Kier alpha value is -0.380. The summed E-state index contributed by atoms with van der Waals surface area (Å²) in [5.41, 5.74) is 7.31. The largest absolute Gasteiger partial charge is 0.328 e. The van der Waals surface area contributed by atoms with E-state index in [4.69, 9.17) is 5.73 Å². The molecule has 94 valence electrons. The lowest BCUT2D eigenvalue weighted by Gasteiger charge is -2.21. The molecule has 0 bridgehead atoms. The molecule has 1 aliphatic rings. The standard InChI is InChI=1S/C14H21BrN2/c1-17(10-12-5-6-14(16)8-12)9-11-3-2-4-13(15)7-11/h2-4,7,12,14H,5-6,8-10,16H2,1H3. The van der Waals surface area contributed by atoms with E-state index in [1.54, 1.807) is 0 Å². The Morgan fingerprint density at radius 3 is 2.88 bits per heavy atom. The van der Waals surface area contributed by atoms with Gasteiger partial charge in [0.1, 0.15) is 0 Å². The van der Waals surface area contributed by atoms with Crippen molar-refractivity contribution in [3.05, 3.63) is 34.3 Å². The van der Waals surface area contributed by atoms with Gasteiger partial charge in [0.2, 0.25) is 0 Å². The first-order valence-corrected chi connectivity index (χ1v) is 7.11. The summed E-state index contributed by atoms with van der Waals surface area (Å²) in [5.74, 6) is 0.794. The fraction of sp³-hybridized carbons (Fsp3) is 0.571. The van der Waals surface area contributed by atoms with Crippen LogP contribution in [0.3, 0.4) is 0 Å². The van der Waals surface area contributed by atoms with Crippen LogP contribution in [0, 0.1) is 5.92 Å². The highest BCUT2D eigenvalue weighted by Crippen LogP contribution is 2.25. The van der Waals surface area contributed by atoms with E-state index in [-0.39, 0.29) is 0 Å². The summed E-state index contributed by atoms with van der Waals surface area (Å²) in [7, 11) is 2.20. The van der Waals surface area contributed by atoms with Gasteiger partial charge in [-0.05, 0) is 49.9 Å². The minimum absolute atomic E-state index is 0.444. The van der Waals surface area contributed by atoms with Gasteiger partial charge in [0, 0.05) is 23.6 Å². The molecule has 0 radical (unpaired) electrons. The number of hydrogen-bond acceptors (Lipinski definition) is 2. The van der Waals surface area contributed by atoms with E-state index in [1.165, 1.54) is 31.4 Å². The van der Waals surface area contributed by atoms with Gasteiger partial charge in [-0.3, -0.25) is 0 Å². The topological polar surface area (TPSA) is 29.3 Å². The van der Waals surface area contributed by atoms with Crippen molar-refractivity contribution in [2.24, 2.45) is 11.7 Å². The molecule has 1 fully saturated rings. The van der Waals surface area contributed by atoms with Gasteiger partial charge in [0.15, 0.2) is 0 Å². The molecule has 0 aliphatic heterocycles. The van der Waals surface area contributed by atoms with Crippen LogP contribution in [0.4, 0.5) is 0 Å². The Morgan fingerprint density at radius 2 is 2.24 bits per heavy atom. The molecule has 0 saturated heterocycles. The van der Waals surface area contributed by atoms with Crippen LogP contribution in [0.25, 0.3) is 0 Å². The maximum absolute atomic E-state index is 5.95. The Morgan fingerprint density at radius 1 is 1.41 bits per heavy atom. The third-order valence-electron chi connectivity index (χ3n) is 3.49. The van der Waals surface area contributed by atoms with E-state index < -0.39 is 0 Å². The molecule has 17 heavy (non-hydrogen) atoms. The molecule has 1 aromatic rings.